The van der Waals surface area contributed by atoms with E-state index in [1.54, 1.807) is 16.4 Å². The fourth-order valence-corrected chi connectivity index (χ4v) is 5.32. The molecule has 0 unspecified atom stereocenters. The van der Waals surface area contributed by atoms with E-state index in [2.05, 4.69) is 18.9 Å². The molecule has 3 aliphatic rings. The Balaban J connectivity index is 1.90. The van der Waals surface area contributed by atoms with Gasteiger partial charge in [-0.1, -0.05) is 19.1 Å². The Kier molecular flexibility index (Phi) is 4.08. The van der Waals surface area contributed by atoms with Crippen LogP contribution in [0.4, 0.5) is 0 Å². The maximum absolute atomic E-state index is 12.9. The number of likely N-dealkylation sites (N-methyl/N-ethyl adjacent to an activating group) is 1. The molecule has 1 aromatic rings. The molecule has 116 valence electrons. The highest BCUT2D eigenvalue weighted by Crippen LogP contribution is 2.31. The summed E-state index contributed by atoms with van der Waals surface area (Å²) in [5, 5.41) is 0. The molecule has 1 aromatic carbocycles. The molecule has 0 amide bonds. The molecule has 3 fully saturated rings. The first kappa shape index (κ1) is 15.0. The molecule has 3 heterocycles. The van der Waals surface area contributed by atoms with E-state index in [0.717, 1.165) is 32.4 Å². The summed E-state index contributed by atoms with van der Waals surface area (Å²) in [6, 6.07) is 7.50. The normalized spacial score (nSPS) is 27.7. The molecule has 0 aromatic heterocycles. The van der Waals surface area contributed by atoms with E-state index < -0.39 is 10.0 Å². The van der Waals surface area contributed by atoms with Crippen LogP contribution >= 0.6 is 0 Å². The lowest BCUT2D eigenvalue weighted by Gasteiger charge is -2.35. The highest BCUT2D eigenvalue weighted by Gasteiger charge is 2.40. The Labute approximate surface area is 127 Å². The minimum absolute atomic E-state index is 0.129. The van der Waals surface area contributed by atoms with Crippen LogP contribution in [0.3, 0.4) is 0 Å². The molecular formula is C16H24N2O2S. The van der Waals surface area contributed by atoms with Gasteiger partial charge in [-0.2, -0.15) is 4.31 Å². The van der Waals surface area contributed by atoms with Crippen molar-refractivity contribution in [2.45, 2.75) is 37.1 Å². The zero-order chi connectivity index (χ0) is 15.0. The van der Waals surface area contributed by atoms with Crippen molar-refractivity contribution >= 4 is 10.0 Å². The smallest absolute Gasteiger partial charge is 0.243 e. The highest BCUT2D eigenvalue weighted by molar-refractivity contribution is 7.89. The van der Waals surface area contributed by atoms with Crippen LogP contribution in [0, 0.1) is 5.92 Å². The first-order valence-corrected chi connectivity index (χ1v) is 9.24. The van der Waals surface area contributed by atoms with Crippen LogP contribution in [0.1, 0.15) is 25.3 Å². The van der Waals surface area contributed by atoms with Crippen LogP contribution in [0.25, 0.3) is 0 Å². The van der Waals surface area contributed by atoms with Gasteiger partial charge in [-0.25, -0.2) is 8.42 Å². The molecule has 0 aliphatic carbocycles. The van der Waals surface area contributed by atoms with Gasteiger partial charge in [0.05, 0.1) is 4.90 Å². The second-order valence-electron chi connectivity index (χ2n) is 6.39. The Morgan fingerprint density at radius 1 is 1.10 bits per heavy atom. The van der Waals surface area contributed by atoms with E-state index in [1.807, 2.05) is 12.1 Å². The molecule has 3 aliphatic heterocycles. The van der Waals surface area contributed by atoms with Gasteiger partial charge < -0.3 is 4.90 Å². The zero-order valence-corrected chi connectivity index (χ0v) is 13.6. The van der Waals surface area contributed by atoms with Crippen molar-refractivity contribution < 1.29 is 8.42 Å². The van der Waals surface area contributed by atoms with Gasteiger partial charge in [-0.05, 0) is 49.9 Å². The fraction of sp³-hybridized carbons (Fsp3) is 0.625. The first-order chi connectivity index (χ1) is 10.0. The topological polar surface area (TPSA) is 40.6 Å². The van der Waals surface area contributed by atoms with Crippen molar-refractivity contribution in [1.82, 2.24) is 9.21 Å². The van der Waals surface area contributed by atoms with E-state index >= 15 is 0 Å². The summed E-state index contributed by atoms with van der Waals surface area (Å²) in [5.74, 6) is 0.471. The number of hydrogen-bond donors (Lipinski definition) is 0. The third-order valence-electron chi connectivity index (χ3n) is 4.78. The maximum Gasteiger partial charge on any atom is 0.243 e. The number of sulfonamides is 1. The molecule has 21 heavy (non-hydrogen) atoms. The molecule has 3 saturated heterocycles. The van der Waals surface area contributed by atoms with Crippen molar-refractivity contribution in [2.24, 2.45) is 5.92 Å². The van der Waals surface area contributed by atoms with Crippen LogP contribution in [0.2, 0.25) is 0 Å². The van der Waals surface area contributed by atoms with Gasteiger partial charge in [0.25, 0.3) is 0 Å². The van der Waals surface area contributed by atoms with Gasteiger partial charge in [0.2, 0.25) is 10.0 Å². The van der Waals surface area contributed by atoms with E-state index in [1.165, 1.54) is 5.56 Å². The van der Waals surface area contributed by atoms with Gasteiger partial charge >= 0.3 is 0 Å². The number of aryl methyl sites for hydroxylation is 1. The molecule has 0 N–H and O–H groups in total. The second-order valence-corrected chi connectivity index (χ2v) is 8.28. The lowest BCUT2D eigenvalue weighted by molar-refractivity contribution is 0.229. The maximum atomic E-state index is 12.9. The van der Waals surface area contributed by atoms with Crippen molar-refractivity contribution in [1.29, 1.82) is 0 Å². The molecule has 5 heteroatoms. The number of benzene rings is 1. The van der Waals surface area contributed by atoms with E-state index in [-0.39, 0.29) is 6.04 Å². The lowest BCUT2D eigenvalue weighted by Crippen LogP contribution is -2.47. The predicted octanol–water partition coefficient (Wildman–Crippen LogP) is 1.96. The van der Waals surface area contributed by atoms with Crippen molar-refractivity contribution in [3.05, 3.63) is 29.8 Å². The standard InChI is InChI=1S/C16H24N2O2S/c1-3-13-5-8-16(9-6-13)21(19,20)18-11-14-4-7-15(18)12-17(2)10-14/h5-6,8-9,14-15H,3-4,7,10-12H2,1-2H3/t14-,15+/m0/s1. The van der Waals surface area contributed by atoms with E-state index in [9.17, 15) is 8.42 Å². The van der Waals surface area contributed by atoms with E-state index in [4.69, 9.17) is 0 Å². The molecule has 2 atom stereocenters. The predicted molar refractivity (Wildman–Crippen MR) is 83.7 cm³/mol. The largest absolute Gasteiger partial charge is 0.304 e. The molecule has 0 saturated carbocycles. The summed E-state index contributed by atoms with van der Waals surface area (Å²) in [6.07, 6.45) is 3.07. The second kappa shape index (κ2) is 5.71. The number of rotatable bonds is 3. The summed E-state index contributed by atoms with van der Waals surface area (Å²) >= 11 is 0. The minimum atomic E-state index is -3.36. The minimum Gasteiger partial charge on any atom is -0.304 e. The average Bonchev–Trinajstić information content (AvgIpc) is 2.76. The van der Waals surface area contributed by atoms with Crippen LogP contribution in [0.5, 0.6) is 0 Å². The van der Waals surface area contributed by atoms with Gasteiger partial charge in [0, 0.05) is 25.7 Å². The summed E-state index contributed by atoms with van der Waals surface area (Å²) in [6.45, 7) is 4.61. The molecule has 0 radical (unpaired) electrons. The van der Waals surface area contributed by atoms with Gasteiger partial charge in [0.1, 0.15) is 0 Å². The first-order valence-electron chi connectivity index (χ1n) is 7.80. The van der Waals surface area contributed by atoms with Gasteiger partial charge in [-0.3, -0.25) is 0 Å². The monoisotopic (exact) mass is 308 g/mol. The highest BCUT2D eigenvalue weighted by atomic mass is 32.2. The summed E-state index contributed by atoms with van der Waals surface area (Å²) in [5.41, 5.74) is 1.17. The van der Waals surface area contributed by atoms with Gasteiger partial charge in [0.15, 0.2) is 0 Å². The third-order valence-corrected chi connectivity index (χ3v) is 6.72. The summed E-state index contributed by atoms with van der Waals surface area (Å²) < 4.78 is 27.6. The summed E-state index contributed by atoms with van der Waals surface area (Å²) in [4.78, 5) is 2.72. The summed E-state index contributed by atoms with van der Waals surface area (Å²) in [7, 11) is -1.26. The average molecular weight is 308 g/mol. The Bertz CT molecular complexity index is 597. The number of hydrogen-bond acceptors (Lipinski definition) is 3. The Morgan fingerprint density at radius 2 is 1.81 bits per heavy atom. The molecule has 2 bridgehead atoms. The number of piperidine rings is 1. The third kappa shape index (κ3) is 2.87. The zero-order valence-electron chi connectivity index (χ0n) is 12.8. The Hall–Kier alpha value is -0.910. The van der Waals surface area contributed by atoms with E-state index in [0.29, 0.717) is 17.4 Å². The van der Waals surface area contributed by atoms with Crippen LogP contribution < -0.4 is 0 Å². The lowest BCUT2D eigenvalue weighted by atomic mass is 9.97. The van der Waals surface area contributed by atoms with Crippen molar-refractivity contribution in [3.8, 4) is 0 Å². The molecule has 4 nitrogen and oxygen atoms in total. The van der Waals surface area contributed by atoms with Crippen LogP contribution in [-0.4, -0.2) is 50.3 Å². The van der Waals surface area contributed by atoms with Crippen LogP contribution in [0.15, 0.2) is 29.2 Å². The SMILES string of the molecule is CCc1ccc(S(=O)(=O)N2C[C@H]3CC[C@@H]2CN(C)C3)cc1. The number of nitrogens with zero attached hydrogens (tertiary/aromatic N) is 2. The molecule has 0 spiro atoms. The van der Waals surface area contributed by atoms with Crippen molar-refractivity contribution in [3.63, 3.8) is 0 Å². The molecular weight excluding hydrogens is 284 g/mol. The fourth-order valence-electron chi connectivity index (χ4n) is 3.60. The Morgan fingerprint density at radius 3 is 2.48 bits per heavy atom. The molecule has 4 rings (SSSR count). The quantitative estimate of drug-likeness (QED) is 0.857. The van der Waals surface area contributed by atoms with Crippen LogP contribution in [-0.2, 0) is 16.4 Å². The van der Waals surface area contributed by atoms with Crippen molar-refractivity contribution in [2.75, 3.05) is 26.7 Å². The number of fused-ring (bicyclic) bond motifs is 4. The van der Waals surface area contributed by atoms with Gasteiger partial charge in [-0.15, -0.1) is 0 Å².